The van der Waals surface area contributed by atoms with Crippen molar-refractivity contribution in [3.05, 3.63) is 39.9 Å². The molecule has 2 N–H and O–H groups in total. The lowest BCUT2D eigenvalue weighted by atomic mass is 10.0. The van der Waals surface area contributed by atoms with Crippen LogP contribution in [0.25, 0.3) is 0 Å². The number of amides is 1. The van der Waals surface area contributed by atoms with Crippen molar-refractivity contribution in [1.29, 1.82) is 0 Å². The van der Waals surface area contributed by atoms with Crippen LogP contribution in [0.1, 0.15) is 32.3 Å². The smallest absolute Gasteiger partial charge is 0.407 e. The monoisotopic (exact) mass is 324 g/mol. The van der Waals surface area contributed by atoms with Crippen molar-refractivity contribution >= 4 is 17.7 Å². The van der Waals surface area contributed by atoms with E-state index in [0.717, 1.165) is 0 Å². The summed E-state index contributed by atoms with van der Waals surface area (Å²) in [5, 5.41) is 22.2. The number of carbonyl (C=O) groups is 2. The number of nitrogens with zero attached hydrogens (tertiary/aromatic N) is 1. The molecule has 1 aromatic carbocycles. The maximum absolute atomic E-state index is 11.7. The van der Waals surface area contributed by atoms with Crippen molar-refractivity contribution < 1.29 is 24.4 Å². The quantitative estimate of drug-likeness (QED) is 0.587. The Bertz CT molecular complexity index is 587. The van der Waals surface area contributed by atoms with Crippen LogP contribution in [0.5, 0.6) is 0 Å². The van der Waals surface area contributed by atoms with Crippen LogP contribution in [0.15, 0.2) is 24.3 Å². The molecule has 1 amide bonds. The molecule has 0 saturated carbocycles. The molecule has 0 aromatic heterocycles. The second kappa shape index (κ2) is 8.11. The minimum Gasteiger partial charge on any atom is -0.480 e. The summed E-state index contributed by atoms with van der Waals surface area (Å²) in [4.78, 5) is 33.2. The van der Waals surface area contributed by atoms with Gasteiger partial charge < -0.3 is 15.2 Å². The van der Waals surface area contributed by atoms with E-state index < -0.39 is 28.9 Å². The molecule has 1 rings (SSSR count). The van der Waals surface area contributed by atoms with E-state index in [1.807, 2.05) is 0 Å². The van der Waals surface area contributed by atoms with Gasteiger partial charge in [0.2, 0.25) is 0 Å². The molecule has 8 heteroatoms. The molecule has 1 aromatic rings. The fourth-order valence-electron chi connectivity index (χ4n) is 2.04. The molecule has 0 bridgehead atoms. The Morgan fingerprint density at radius 3 is 2.43 bits per heavy atom. The van der Waals surface area contributed by atoms with Crippen LogP contribution in [-0.4, -0.2) is 34.7 Å². The standard InChI is InChI=1S/C15H20N2O6/c1-9(2)13(14(18)19)16-15(20)23-8-10(3)11-6-4-5-7-12(11)17(21)22/h4-7,9-10,13H,8H2,1-3H3,(H,16,20)(H,18,19)/t10?,13-/m0/s1. The Morgan fingerprint density at radius 1 is 1.30 bits per heavy atom. The highest BCUT2D eigenvalue weighted by molar-refractivity contribution is 5.80. The third-order valence-electron chi connectivity index (χ3n) is 3.33. The summed E-state index contributed by atoms with van der Waals surface area (Å²) >= 11 is 0. The number of para-hydroxylation sites is 1. The van der Waals surface area contributed by atoms with Crippen LogP contribution >= 0.6 is 0 Å². The van der Waals surface area contributed by atoms with E-state index in [2.05, 4.69) is 5.32 Å². The molecule has 0 aliphatic heterocycles. The number of ether oxygens (including phenoxy) is 1. The minimum atomic E-state index is -1.15. The Balaban J connectivity index is 2.66. The highest BCUT2D eigenvalue weighted by Crippen LogP contribution is 2.26. The molecule has 2 atom stereocenters. The van der Waals surface area contributed by atoms with Crippen LogP contribution in [0.3, 0.4) is 0 Å². The second-order valence-electron chi connectivity index (χ2n) is 5.52. The molecule has 0 radical (unpaired) electrons. The van der Waals surface area contributed by atoms with Gasteiger partial charge in [0, 0.05) is 17.5 Å². The van der Waals surface area contributed by atoms with E-state index >= 15 is 0 Å². The van der Waals surface area contributed by atoms with Crippen LogP contribution < -0.4 is 5.32 Å². The number of benzene rings is 1. The van der Waals surface area contributed by atoms with Gasteiger partial charge in [-0.1, -0.05) is 39.0 Å². The summed E-state index contributed by atoms with van der Waals surface area (Å²) in [7, 11) is 0. The van der Waals surface area contributed by atoms with E-state index in [0.29, 0.717) is 5.56 Å². The number of nitro groups is 1. The second-order valence-corrected chi connectivity index (χ2v) is 5.52. The van der Waals surface area contributed by atoms with E-state index in [-0.39, 0.29) is 18.2 Å². The maximum atomic E-state index is 11.7. The summed E-state index contributed by atoms with van der Waals surface area (Å²) in [5.74, 6) is -1.85. The first-order valence-corrected chi connectivity index (χ1v) is 7.13. The number of hydrogen-bond acceptors (Lipinski definition) is 5. The normalized spacial score (nSPS) is 13.2. The van der Waals surface area contributed by atoms with Crippen molar-refractivity contribution in [2.45, 2.75) is 32.7 Å². The molecular formula is C15H20N2O6. The van der Waals surface area contributed by atoms with Gasteiger partial charge in [0.05, 0.1) is 4.92 Å². The van der Waals surface area contributed by atoms with Gasteiger partial charge in [-0.05, 0) is 5.92 Å². The minimum absolute atomic E-state index is 0.0467. The summed E-state index contributed by atoms with van der Waals surface area (Å²) in [6.07, 6.45) is -0.864. The lowest BCUT2D eigenvalue weighted by Crippen LogP contribution is -2.44. The maximum Gasteiger partial charge on any atom is 0.407 e. The molecular weight excluding hydrogens is 304 g/mol. The number of aliphatic carboxylic acids is 1. The highest BCUT2D eigenvalue weighted by Gasteiger charge is 2.25. The molecule has 8 nitrogen and oxygen atoms in total. The van der Waals surface area contributed by atoms with Gasteiger partial charge in [0.1, 0.15) is 12.6 Å². The number of nitro benzene ring substituents is 1. The van der Waals surface area contributed by atoms with E-state index in [4.69, 9.17) is 9.84 Å². The Kier molecular flexibility index (Phi) is 6.49. The first-order chi connectivity index (χ1) is 10.7. The summed E-state index contributed by atoms with van der Waals surface area (Å²) in [6, 6.07) is 5.15. The first-order valence-electron chi connectivity index (χ1n) is 7.13. The van der Waals surface area contributed by atoms with Gasteiger partial charge in [-0.15, -0.1) is 0 Å². The molecule has 1 unspecified atom stereocenters. The van der Waals surface area contributed by atoms with E-state index in [1.165, 1.54) is 6.07 Å². The van der Waals surface area contributed by atoms with Gasteiger partial charge in [0.25, 0.3) is 5.69 Å². The molecule has 126 valence electrons. The van der Waals surface area contributed by atoms with Gasteiger partial charge in [-0.25, -0.2) is 9.59 Å². The van der Waals surface area contributed by atoms with Crippen LogP contribution in [-0.2, 0) is 9.53 Å². The Hall–Kier alpha value is -2.64. The summed E-state index contributed by atoms with van der Waals surface area (Å²) in [5.41, 5.74) is 0.401. The zero-order valence-corrected chi connectivity index (χ0v) is 13.2. The lowest BCUT2D eigenvalue weighted by Gasteiger charge is -2.19. The molecule has 0 saturated heterocycles. The van der Waals surface area contributed by atoms with Crippen molar-refractivity contribution in [2.24, 2.45) is 5.92 Å². The van der Waals surface area contributed by atoms with Crippen LogP contribution in [0.2, 0.25) is 0 Å². The van der Waals surface area contributed by atoms with Gasteiger partial charge in [-0.3, -0.25) is 10.1 Å². The van der Waals surface area contributed by atoms with Crippen molar-refractivity contribution in [1.82, 2.24) is 5.32 Å². The van der Waals surface area contributed by atoms with Crippen molar-refractivity contribution in [3.63, 3.8) is 0 Å². The highest BCUT2D eigenvalue weighted by atomic mass is 16.6. The van der Waals surface area contributed by atoms with E-state index in [9.17, 15) is 19.7 Å². The van der Waals surface area contributed by atoms with Gasteiger partial charge >= 0.3 is 12.1 Å². The van der Waals surface area contributed by atoms with E-state index in [1.54, 1.807) is 39.0 Å². The topological polar surface area (TPSA) is 119 Å². The lowest BCUT2D eigenvalue weighted by molar-refractivity contribution is -0.385. The average Bonchev–Trinajstić information content (AvgIpc) is 2.49. The molecule has 0 fully saturated rings. The molecule has 0 aliphatic rings. The zero-order chi connectivity index (χ0) is 17.6. The average molecular weight is 324 g/mol. The number of carbonyl (C=O) groups excluding carboxylic acids is 1. The molecule has 0 spiro atoms. The number of hydrogen-bond donors (Lipinski definition) is 2. The van der Waals surface area contributed by atoms with Gasteiger partial charge in [-0.2, -0.15) is 0 Å². The van der Waals surface area contributed by atoms with Crippen molar-refractivity contribution in [2.75, 3.05) is 6.61 Å². The third kappa shape index (κ3) is 5.24. The first kappa shape index (κ1) is 18.4. The third-order valence-corrected chi connectivity index (χ3v) is 3.33. The SMILES string of the molecule is CC(COC(=O)N[C@H](C(=O)O)C(C)C)c1ccccc1[N+](=O)[O-]. The van der Waals surface area contributed by atoms with Crippen LogP contribution in [0.4, 0.5) is 10.5 Å². The molecule has 23 heavy (non-hydrogen) atoms. The fourth-order valence-corrected chi connectivity index (χ4v) is 2.04. The van der Waals surface area contributed by atoms with Crippen molar-refractivity contribution in [3.8, 4) is 0 Å². The molecule has 0 aliphatic carbocycles. The fraction of sp³-hybridized carbons (Fsp3) is 0.467. The summed E-state index contributed by atoms with van der Waals surface area (Å²) < 4.78 is 4.99. The number of carboxylic acids is 1. The van der Waals surface area contributed by atoms with Gasteiger partial charge in [0.15, 0.2) is 0 Å². The predicted molar refractivity (Wildman–Crippen MR) is 82.3 cm³/mol. The van der Waals surface area contributed by atoms with Crippen LogP contribution in [0, 0.1) is 16.0 Å². The Labute approximate surface area is 133 Å². The summed E-state index contributed by atoms with van der Waals surface area (Å²) in [6.45, 7) is 4.91. The number of nitrogens with one attached hydrogen (secondary N) is 1. The number of rotatable bonds is 7. The molecule has 0 heterocycles. The number of alkyl carbamates (subject to hydrolysis) is 1. The Morgan fingerprint density at radius 2 is 1.91 bits per heavy atom. The largest absolute Gasteiger partial charge is 0.480 e. The zero-order valence-electron chi connectivity index (χ0n) is 13.2. The number of carboxylic acid groups (broad SMARTS) is 1. The predicted octanol–water partition coefficient (Wildman–Crippen LogP) is 2.53.